The zero-order chi connectivity index (χ0) is 22.6. The maximum atomic E-state index is 13.7. The van der Waals surface area contributed by atoms with Gasteiger partial charge in [0.25, 0.3) is 0 Å². The van der Waals surface area contributed by atoms with Crippen LogP contribution in [0.15, 0.2) is 22.9 Å². The molecule has 7 nitrogen and oxygen atoms in total. The number of pyridine rings is 1. The summed E-state index contributed by atoms with van der Waals surface area (Å²) < 4.78 is 147. The fraction of sp³-hybridized carbons (Fsp3) is 0.333. The average Bonchev–Trinajstić information content (AvgIpc) is 2.92. The van der Waals surface area contributed by atoms with Crippen LogP contribution in [0, 0.1) is 0 Å². The van der Waals surface area contributed by atoms with Gasteiger partial charge in [-0.2, -0.15) is 47.9 Å². The molecule has 0 N–H and O–H groups in total. The maximum Gasteiger partial charge on any atom is 0.460 e. The zero-order valence-corrected chi connectivity index (χ0v) is 13.8. The third-order valence-corrected chi connectivity index (χ3v) is 4.53. The fourth-order valence-corrected chi connectivity index (χ4v) is 2.76. The first-order valence-corrected chi connectivity index (χ1v) is 8.01. The van der Waals surface area contributed by atoms with Gasteiger partial charge >= 0.3 is 33.4 Å². The summed E-state index contributed by atoms with van der Waals surface area (Å²) in [5.74, 6) is -20.9. The van der Waals surface area contributed by atoms with Crippen molar-refractivity contribution < 1.29 is 66.4 Å². The Kier molecular flexibility index (Phi) is 4.98. The van der Waals surface area contributed by atoms with E-state index in [2.05, 4.69) is 13.6 Å². The molecule has 0 saturated heterocycles. The Hall–Kier alpha value is -2.72. The van der Waals surface area contributed by atoms with Crippen LogP contribution in [0.4, 0.5) is 39.5 Å². The molecular weight excluding hydrogens is 457 g/mol. The second-order valence-corrected chi connectivity index (χ2v) is 6.71. The van der Waals surface area contributed by atoms with Crippen molar-refractivity contribution in [2.24, 2.45) is 0 Å². The van der Waals surface area contributed by atoms with Crippen molar-refractivity contribution in [3.8, 4) is 5.75 Å². The van der Waals surface area contributed by atoms with E-state index in [0.717, 1.165) is 6.20 Å². The first-order valence-electron chi connectivity index (χ1n) is 6.60. The van der Waals surface area contributed by atoms with Crippen molar-refractivity contribution in [1.82, 2.24) is 4.98 Å². The first kappa shape index (κ1) is 22.6. The number of carboxylic acids is 1. The van der Waals surface area contributed by atoms with Crippen LogP contribution in [0.1, 0.15) is 10.6 Å². The number of furan rings is 1. The molecule has 2 aromatic heterocycles. The van der Waals surface area contributed by atoms with Gasteiger partial charge in [-0.25, -0.2) is 0 Å². The molecule has 2 heterocycles. The highest BCUT2D eigenvalue weighted by molar-refractivity contribution is 7.88. The standard InChI is InChI=1S/C12H4F9NO6S/c13-9(14,11(17,18)19)10(15,16)12(20,21)29(25,26)28-6-4-1-2-22-3-5(4)27-7(6)8(23)24/h1-3H,(H,23,24)/p-1. The quantitative estimate of drug-likeness (QED) is 0.481. The number of carbonyl (C=O) groups is 1. The Morgan fingerprint density at radius 1 is 1.03 bits per heavy atom. The molecule has 0 unspecified atom stereocenters. The van der Waals surface area contributed by atoms with Crippen molar-refractivity contribution in [3.63, 3.8) is 0 Å². The van der Waals surface area contributed by atoms with Gasteiger partial charge in [0.2, 0.25) is 0 Å². The van der Waals surface area contributed by atoms with Crippen LogP contribution >= 0.6 is 0 Å². The SMILES string of the molecule is O=C([O-])c1oc2cnccc2c1OS(=O)(=O)C(F)(F)C(F)(F)C(F)(F)C(F)(F)F. The highest BCUT2D eigenvalue weighted by Gasteiger charge is 2.86. The monoisotopic (exact) mass is 460 g/mol. The lowest BCUT2D eigenvalue weighted by Gasteiger charge is -2.32. The summed E-state index contributed by atoms with van der Waals surface area (Å²) >= 11 is 0. The third kappa shape index (κ3) is 3.22. The molecule has 0 fully saturated rings. The number of hydrogen-bond acceptors (Lipinski definition) is 7. The molecule has 2 aromatic rings. The molecule has 0 aromatic carbocycles. The molecule has 162 valence electrons. The van der Waals surface area contributed by atoms with Gasteiger partial charge in [-0.1, -0.05) is 0 Å². The van der Waals surface area contributed by atoms with E-state index in [1.165, 1.54) is 0 Å². The second kappa shape index (κ2) is 6.39. The van der Waals surface area contributed by atoms with Crippen LogP contribution in [0.3, 0.4) is 0 Å². The Bertz CT molecular complexity index is 1060. The van der Waals surface area contributed by atoms with Crippen LogP contribution in [0.25, 0.3) is 11.0 Å². The van der Waals surface area contributed by atoms with Crippen molar-refractivity contribution in [3.05, 3.63) is 24.2 Å². The smallest absolute Gasteiger partial charge is 0.460 e. The molecule has 0 aliphatic carbocycles. The molecule has 2 rings (SSSR count). The number of nitrogens with zero attached hydrogens (tertiary/aromatic N) is 1. The number of aromatic carboxylic acids is 1. The molecular formula is C12H3F9NO6S-. The topological polar surface area (TPSA) is 110 Å². The third-order valence-electron chi connectivity index (χ3n) is 3.26. The van der Waals surface area contributed by atoms with Gasteiger partial charge < -0.3 is 18.5 Å². The highest BCUT2D eigenvalue weighted by atomic mass is 32.2. The Labute approximate surface area is 152 Å². The van der Waals surface area contributed by atoms with E-state index in [1.54, 1.807) is 0 Å². The van der Waals surface area contributed by atoms with Gasteiger partial charge in [-0.3, -0.25) is 4.98 Å². The van der Waals surface area contributed by atoms with Crippen LogP contribution in [0.2, 0.25) is 0 Å². The van der Waals surface area contributed by atoms with Crippen molar-refractivity contribution in [2.45, 2.75) is 23.3 Å². The summed E-state index contributed by atoms with van der Waals surface area (Å²) in [6, 6.07) is 0.677. The summed E-state index contributed by atoms with van der Waals surface area (Å²) in [4.78, 5) is 14.3. The van der Waals surface area contributed by atoms with Crippen molar-refractivity contribution in [1.29, 1.82) is 0 Å². The number of hydrogen-bond donors (Lipinski definition) is 0. The normalized spacial score (nSPS) is 14.2. The van der Waals surface area contributed by atoms with Crippen molar-refractivity contribution >= 4 is 27.1 Å². The van der Waals surface area contributed by atoms with E-state index in [-0.39, 0.29) is 0 Å². The number of rotatable bonds is 6. The summed E-state index contributed by atoms with van der Waals surface area (Å²) in [5, 5.41) is 2.94. The number of alkyl halides is 9. The van der Waals surface area contributed by atoms with Gasteiger partial charge in [0.1, 0.15) is 5.97 Å². The Morgan fingerprint density at radius 2 is 1.59 bits per heavy atom. The molecule has 0 aliphatic heterocycles. The lowest BCUT2D eigenvalue weighted by atomic mass is 10.1. The molecule has 0 radical (unpaired) electrons. The number of aromatic nitrogens is 1. The summed E-state index contributed by atoms with van der Waals surface area (Å²) in [7, 11) is -7.37. The number of carboxylic acid groups (broad SMARTS) is 1. The van der Waals surface area contributed by atoms with E-state index < -0.39 is 61.8 Å². The van der Waals surface area contributed by atoms with Gasteiger partial charge in [-0.05, 0) is 6.07 Å². The van der Waals surface area contributed by atoms with Crippen LogP contribution in [-0.2, 0) is 10.1 Å². The molecule has 0 amide bonds. The molecule has 29 heavy (non-hydrogen) atoms. The minimum absolute atomic E-state index is 0.660. The summed E-state index contributed by atoms with van der Waals surface area (Å²) in [6.07, 6.45) is -5.80. The van der Waals surface area contributed by atoms with Gasteiger partial charge in [0.05, 0.1) is 11.6 Å². The number of fused-ring (bicyclic) bond motifs is 1. The predicted octanol–water partition coefficient (Wildman–Crippen LogP) is 2.33. The second-order valence-electron chi connectivity index (χ2n) is 5.12. The first-order chi connectivity index (χ1) is 12.9. The van der Waals surface area contributed by atoms with E-state index in [1.807, 2.05) is 0 Å². The lowest BCUT2D eigenvalue weighted by molar-refractivity contribution is -0.382. The van der Waals surface area contributed by atoms with E-state index in [0.29, 0.717) is 12.3 Å². The molecule has 0 saturated carbocycles. The summed E-state index contributed by atoms with van der Waals surface area (Å²) in [5.41, 5.74) is -0.660. The average molecular weight is 460 g/mol. The molecule has 0 atom stereocenters. The Balaban J connectivity index is 2.63. The Morgan fingerprint density at radius 3 is 2.07 bits per heavy atom. The molecule has 0 aliphatic rings. The van der Waals surface area contributed by atoms with Crippen molar-refractivity contribution in [2.75, 3.05) is 0 Å². The minimum Gasteiger partial charge on any atom is -0.541 e. The zero-order valence-electron chi connectivity index (χ0n) is 12.9. The lowest BCUT2D eigenvalue weighted by Crippen LogP contribution is -2.63. The van der Waals surface area contributed by atoms with E-state index in [4.69, 9.17) is 0 Å². The van der Waals surface area contributed by atoms with Gasteiger partial charge in [0, 0.05) is 6.20 Å². The van der Waals surface area contributed by atoms with Gasteiger partial charge in [0.15, 0.2) is 17.1 Å². The van der Waals surface area contributed by atoms with Crippen LogP contribution < -0.4 is 9.29 Å². The van der Waals surface area contributed by atoms with Crippen LogP contribution in [0.5, 0.6) is 5.75 Å². The molecule has 0 spiro atoms. The predicted molar refractivity (Wildman–Crippen MR) is 68.8 cm³/mol. The maximum absolute atomic E-state index is 13.7. The fourth-order valence-electron chi connectivity index (χ4n) is 1.82. The van der Waals surface area contributed by atoms with Crippen LogP contribution in [-0.4, -0.2) is 42.6 Å². The molecule has 17 heteroatoms. The largest absolute Gasteiger partial charge is 0.541 e. The summed E-state index contributed by atoms with van der Waals surface area (Å²) in [6.45, 7) is 0. The highest BCUT2D eigenvalue weighted by Crippen LogP contribution is 2.55. The number of halogens is 9. The van der Waals surface area contributed by atoms with E-state index >= 15 is 0 Å². The number of carbonyl (C=O) groups excluding carboxylic acids is 1. The molecule has 0 bridgehead atoms. The van der Waals surface area contributed by atoms with Gasteiger partial charge in [-0.15, -0.1) is 0 Å². The minimum atomic E-state index is -7.56. The van der Waals surface area contributed by atoms with E-state index in [9.17, 15) is 57.8 Å².